The molecule has 2 aromatic carbocycles. The van der Waals surface area contributed by atoms with Crippen LogP contribution in [0.25, 0.3) is 0 Å². The Morgan fingerprint density at radius 1 is 0.962 bits per heavy atom. The fourth-order valence-corrected chi connectivity index (χ4v) is 3.73. The van der Waals surface area contributed by atoms with Gasteiger partial charge in [0.05, 0.1) is 11.8 Å². The molecule has 0 amide bonds. The maximum atomic E-state index is 6.31. The lowest BCUT2D eigenvalue weighted by Gasteiger charge is -2.38. The molecule has 2 aliphatic rings. The monoisotopic (exact) mass is 361 g/mol. The molecule has 0 bridgehead atoms. The van der Waals surface area contributed by atoms with E-state index in [0.717, 1.165) is 34.0 Å². The second-order valence-electron chi connectivity index (χ2n) is 6.44. The lowest BCUT2D eigenvalue weighted by Crippen LogP contribution is -2.33. The molecule has 0 saturated carbocycles. The van der Waals surface area contributed by atoms with Crippen molar-refractivity contribution in [2.75, 3.05) is 0 Å². The highest BCUT2D eigenvalue weighted by Crippen LogP contribution is 2.47. The molecule has 0 saturated heterocycles. The summed E-state index contributed by atoms with van der Waals surface area (Å²) in [6.45, 7) is 0. The molecule has 26 heavy (non-hydrogen) atoms. The summed E-state index contributed by atoms with van der Waals surface area (Å²) in [4.78, 5) is 4.12. The van der Waals surface area contributed by atoms with Crippen molar-refractivity contribution in [3.8, 4) is 5.75 Å². The molecular formula is C21H16ClN3O. The molecule has 128 valence electrons. The summed E-state index contributed by atoms with van der Waals surface area (Å²) in [6, 6.07) is 20.2. The summed E-state index contributed by atoms with van der Waals surface area (Å²) in [5.74, 6) is 0.920. The van der Waals surface area contributed by atoms with Gasteiger partial charge in [0, 0.05) is 35.0 Å². The van der Waals surface area contributed by atoms with Gasteiger partial charge in [0.15, 0.2) is 0 Å². The molecule has 0 N–H and O–H groups in total. The van der Waals surface area contributed by atoms with E-state index in [1.54, 1.807) is 12.4 Å². The van der Waals surface area contributed by atoms with E-state index in [0.29, 0.717) is 0 Å². The molecule has 0 spiro atoms. The van der Waals surface area contributed by atoms with Crippen LogP contribution in [-0.2, 0) is 0 Å². The minimum absolute atomic E-state index is 0.156. The van der Waals surface area contributed by atoms with Crippen molar-refractivity contribution in [1.29, 1.82) is 0 Å². The van der Waals surface area contributed by atoms with E-state index in [4.69, 9.17) is 21.4 Å². The highest BCUT2D eigenvalue weighted by atomic mass is 35.5. The maximum absolute atomic E-state index is 6.31. The van der Waals surface area contributed by atoms with E-state index in [1.165, 1.54) is 5.56 Å². The standard InChI is InChI=1S/C21H16ClN3O/c22-16-7-5-14(6-8-16)18-13-19-17-3-1-2-4-20(17)26-21(25(19)24-18)15-9-11-23-12-10-15/h1-12,19,21H,13H2/t19-,21-/m0/s1. The Hall–Kier alpha value is -2.85. The second-order valence-corrected chi connectivity index (χ2v) is 6.88. The van der Waals surface area contributed by atoms with Gasteiger partial charge in [-0.15, -0.1) is 0 Å². The summed E-state index contributed by atoms with van der Waals surface area (Å²) in [7, 11) is 0. The number of pyridine rings is 1. The maximum Gasteiger partial charge on any atom is 0.213 e. The number of rotatable bonds is 2. The van der Waals surface area contributed by atoms with Gasteiger partial charge in [-0.1, -0.05) is 41.9 Å². The lowest BCUT2D eigenvalue weighted by molar-refractivity contribution is -0.0190. The number of benzene rings is 2. The van der Waals surface area contributed by atoms with Crippen molar-refractivity contribution in [1.82, 2.24) is 9.99 Å². The van der Waals surface area contributed by atoms with Gasteiger partial charge in [-0.25, -0.2) is 5.01 Å². The molecule has 0 radical (unpaired) electrons. The van der Waals surface area contributed by atoms with Gasteiger partial charge < -0.3 is 4.74 Å². The molecule has 3 aromatic rings. The van der Waals surface area contributed by atoms with Crippen LogP contribution < -0.4 is 4.74 Å². The van der Waals surface area contributed by atoms with Crippen molar-refractivity contribution < 1.29 is 4.74 Å². The molecule has 0 aliphatic carbocycles. The Bertz CT molecular complexity index is 972. The summed E-state index contributed by atoms with van der Waals surface area (Å²) in [5.41, 5.74) is 4.35. The van der Waals surface area contributed by atoms with E-state index in [1.807, 2.05) is 54.6 Å². The van der Waals surface area contributed by atoms with Crippen LogP contribution >= 0.6 is 11.6 Å². The van der Waals surface area contributed by atoms with Gasteiger partial charge in [-0.2, -0.15) is 5.10 Å². The molecule has 0 unspecified atom stereocenters. The molecule has 2 atom stereocenters. The van der Waals surface area contributed by atoms with Gasteiger partial charge in [-0.05, 0) is 35.9 Å². The highest BCUT2D eigenvalue weighted by molar-refractivity contribution is 6.30. The van der Waals surface area contributed by atoms with Gasteiger partial charge >= 0.3 is 0 Å². The van der Waals surface area contributed by atoms with E-state index in [9.17, 15) is 0 Å². The minimum atomic E-state index is -0.261. The fraction of sp³-hybridized carbons (Fsp3) is 0.143. The average molecular weight is 362 g/mol. The minimum Gasteiger partial charge on any atom is -0.464 e. The number of ether oxygens (including phenoxy) is 1. The van der Waals surface area contributed by atoms with Crippen LogP contribution in [-0.4, -0.2) is 15.7 Å². The largest absolute Gasteiger partial charge is 0.464 e. The SMILES string of the molecule is Clc1ccc(C2=NN3[C@@H](C2)c2ccccc2O[C@H]3c2ccncc2)cc1. The average Bonchev–Trinajstić information content (AvgIpc) is 3.14. The first-order chi connectivity index (χ1) is 12.8. The van der Waals surface area contributed by atoms with Crippen LogP contribution in [0.5, 0.6) is 5.75 Å². The Kier molecular flexibility index (Phi) is 3.64. The highest BCUT2D eigenvalue weighted by Gasteiger charge is 2.40. The Balaban J connectivity index is 1.59. The summed E-state index contributed by atoms with van der Waals surface area (Å²) in [5, 5.41) is 7.73. The molecule has 2 aliphatic heterocycles. The van der Waals surface area contributed by atoms with Gasteiger partial charge in [0.1, 0.15) is 5.75 Å². The van der Waals surface area contributed by atoms with Crippen molar-refractivity contribution in [2.45, 2.75) is 18.7 Å². The first-order valence-corrected chi connectivity index (χ1v) is 8.95. The predicted molar refractivity (Wildman–Crippen MR) is 101 cm³/mol. The topological polar surface area (TPSA) is 37.7 Å². The number of hydrogen-bond donors (Lipinski definition) is 0. The number of halogens is 1. The fourth-order valence-electron chi connectivity index (χ4n) is 3.60. The first-order valence-electron chi connectivity index (χ1n) is 8.57. The van der Waals surface area contributed by atoms with Crippen LogP contribution in [0, 0.1) is 0 Å². The van der Waals surface area contributed by atoms with Crippen molar-refractivity contribution in [3.63, 3.8) is 0 Å². The van der Waals surface area contributed by atoms with Gasteiger partial charge in [0.25, 0.3) is 0 Å². The van der Waals surface area contributed by atoms with Crippen LogP contribution in [0.15, 0.2) is 78.2 Å². The number of fused-ring (bicyclic) bond motifs is 3. The number of hydrazone groups is 1. The van der Waals surface area contributed by atoms with E-state index >= 15 is 0 Å². The summed E-state index contributed by atoms with van der Waals surface area (Å²) >= 11 is 6.03. The summed E-state index contributed by atoms with van der Waals surface area (Å²) in [6.07, 6.45) is 4.15. The van der Waals surface area contributed by atoms with Crippen molar-refractivity contribution in [3.05, 3.63) is 94.8 Å². The van der Waals surface area contributed by atoms with Gasteiger partial charge in [-0.3, -0.25) is 4.98 Å². The molecule has 5 rings (SSSR count). The third-order valence-corrected chi connectivity index (χ3v) is 5.12. The van der Waals surface area contributed by atoms with E-state index < -0.39 is 0 Å². The third kappa shape index (κ3) is 2.54. The number of hydrogen-bond acceptors (Lipinski definition) is 4. The Morgan fingerprint density at radius 3 is 2.54 bits per heavy atom. The van der Waals surface area contributed by atoms with Gasteiger partial charge in [0.2, 0.25) is 6.23 Å². The normalized spacial score (nSPS) is 20.8. The summed E-state index contributed by atoms with van der Waals surface area (Å²) < 4.78 is 6.31. The lowest BCUT2D eigenvalue weighted by atomic mass is 9.96. The van der Waals surface area contributed by atoms with Crippen LogP contribution in [0.2, 0.25) is 5.02 Å². The molecule has 1 aromatic heterocycles. The predicted octanol–water partition coefficient (Wildman–Crippen LogP) is 4.98. The number of nitrogens with zero attached hydrogens (tertiary/aromatic N) is 3. The van der Waals surface area contributed by atoms with E-state index in [2.05, 4.69) is 16.1 Å². The molecule has 5 heteroatoms. The van der Waals surface area contributed by atoms with Crippen molar-refractivity contribution in [2.24, 2.45) is 5.10 Å². The third-order valence-electron chi connectivity index (χ3n) is 4.87. The molecular weight excluding hydrogens is 346 g/mol. The van der Waals surface area contributed by atoms with E-state index in [-0.39, 0.29) is 12.3 Å². The first kappa shape index (κ1) is 15.4. The smallest absolute Gasteiger partial charge is 0.213 e. The number of aromatic nitrogens is 1. The number of para-hydroxylation sites is 1. The zero-order valence-electron chi connectivity index (χ0n) is 13.9. The van der Waals surface area contributed by atoms with Crippen LogP contribution in [0.4, 0.5) is 0 Å². The zero-order valence-corrected chi connectivity index (χ0v) is 14.7. The Morgan fingerprint density at radius 2 is 1.73 bits per heavy atom. The van der Waals surface area contributed by atoms with Crippen LogP contribution in [0.1, 0.15) is 35.4 Å². The zero-order chi connectivity index (χ0) is 17.5. The quantitative estimate of drug-likeness (QED) is 0.646. The second kappa shape index (κ2) is 6.15. The van der Waals surface area contributed by atoms with Crippen molar-refractivity contribution >= 4 is 17.3 Å². The Labute approximate surface area is 156 Å². The molecule has 3 heterocycles. The molecule has 4 nitrogen and oxygen atoms in total. The molecule has 0 fully saturated rings. The van der Waals surface area contributed by atoms with Crippen LogP contribution in [0.3, 0.4) is 0 Å².